The Labute approximate surface area is 171 Å². The number of hydrogen-bond acceptors (Lipinski definition) is 5. The third-order valence-corrected chi connectivity index (χ3v) is 4.28. The predicted molar refractivity (Wildman–Crippen MR) is 117 cm³/mol. The summed E-state index contributed by atoms with van der Waals surface area (Å²) in [6.45, 7) is 5.87. The molecule has 0 spiro atoms. The maximum absolute atomic E-state index is 5.61. The first-order valence-corrected chi connectivity index (χ1v) is 9.72. The highest BCUT2D eigenvalue weighted by Crippen LogP contribution is 2.19. The molecule has 0 aliphatic rings. The number of guanidine groups is 1. The Balaban J connectivity index is 1.63. The van der Waals surface area contributed by atoms with Crippen molar-refractivity contribution in [2.45, 2.75) is 26.9 Å². The SMILES string of the molecule is CCNC(=NCc1coc(-c2ccc(C)cc2)n1)NCc1cccc(N(C)C)n1. The van der Waals surface area contributed by atoms with E-state index in [0.717, 1.165) is 29.3 Å². The van der Waals surface area contributed by atoms with E-state index in [-0.39, 0.29) is 0 Å². The molecule has 0 aliphatic carbocycles. The average Bonchev–Trinajstić information content (AvgIpc) is 3.20. The van der Waals surface area contributed by atoms with E-state index in [1.807, 2.05) is 68.4 Å². The first-order valence-electron chi connectivity index (χ1n) is 9.72. The van der Waals surface area contributed by atoms with Gasteiger partial charge >= 0.3 is 0 Å². The van der Waals surface area contributed by atoms with Crippen molar-refractivity contribution in [3.8, 4) is 11.5 Å². The van der Waals surface area contributed by atoms with Crippen LogP contribution in [0.25, 0.3) is 11.5 Å². The zero-order chi connectivity index (χ0) is 20.6. The van der Waals surface area contributed by atoms with Crippen LogP contribution in [0.1, 0.15) is 23.9 Å². The Morgan fingerprint density at radius 1 is 1.03 bits per heavy atom. The van der Waals surface area contributed by atoms with E-state index in [9.17, 15) is 0 Å². The molecule has 2 N–H and O–H groups in total. The second-order valence-electron chi connectivity index (χ2n) is 6.94. The normalized spacial score (nSPS) is 11.4. The number of aliphatic imine (C=N–C) groups is 1. The van der Waals surface area contributed by atoms with Crippen molar-refractivity contribution in [3.05, 3.63) is 65.7 Å². The van der Waals surface area contributed by atoms with E-state index in [2.05, 4.69) is 32.5 Å². The highest BCUT2D eigenvalue weighted by molar-refractivity contribution is 5.79. The van der Waals surface area contributed by atoms with Gasteiger partial charge in [0, 0.05) is 26.2 Å². The van der Waals surface area contributed by atoms with Crippen LogP contribution in [0.15, 0.2) is 58.1 Å². The summed E-state index contributed by atoms with van der Waals surface area (Å²) in [5.74, 6) is 2.25. The number of pyridine rings is 1. The summed E-state index contributed by atoms with van der Waals surface area (Å²) in [6.07, 6.45) is 1.66. The lowest BCUT2D eigenvalue weighted by Gasteiger charge is -2.14. The van der Waals surface area contributed by atoms with E-state index in [1.165, 1.54) is 5.56 Å². The lowest BCUT2D eigenvalue weighted by Crippen LogP contribution is -2.37. The molecule has 0 unspecified atom stereocenters. The summed E-state index contributed by atoms with van der Waals surface area (Å²) in [7, 11) is 3.96. The molecular weight excluding hydrogens is 364 g/mol. The number of nitrogens with zero attached hydrogens (tertiary/aromatic N) is 4. The van der Waals surface area contributed by atoms with E-state index in [4.69, 9.17) is 4.42 Å². The molecule has 1 aromatic carbocycles. The second-order valence-corrected chi connectivity index (χ2v) is 6.94. The van der Waals surface area contributed by atoms with Gasteiger partial charge in [0.05, 0.1) is 18.8 Å². The highest BCUT2D eigenvalue weighted by Gasteiger charge is 2.07. The minimum Gasteiger partial charge on any atom is -0.444 e. The minimum atomic E-state index is 0.426. The Hall–Kier alpha value is -3.35. The van der Waals surface area contributed by atoms with E-state index >= 15 is 0 Å². The fourth-order valence-corrected chi connectivity index (χ4v) is 2.70. The van der Waals surface area contributed by atoms with Gasteiger partial charge in [-0.05, 0) is 38.1 Å². The molecule has 152 valence electrons. The fraction of sp³-hybridized carbons (Fsp3) is 0.318. The van der Waals surface area contributed by atoms with Crippen molar-refractivity contribution < 1.29 is 4.42 Å². The van der Waals surface area contributed by atoms with Crippen LogP contribution in [0.2, 0.25) is 0 Å². The Morgan fingerprint density at radius 2 is 1.83 bits per heavy atom. The predicted octanol–water partition coefficient (Wildman–Crippen LogP) is 3.37. The number of aromatic nitrogens is 2. The van der Waals surface area contributed by atoms with E-state index in [1.54, 1.807) is 6.26 Å². The first-order chi connectivity index (χ1) is 14.0. The van der Waals surface area contributed by atoms with Crippen molar-refractivity contribution in [1.82, 2.24) is 20.6 Å². The van der Waals surface area contributed by atoms with Crippen LogP contribution >= 0.6 is 0 Å². The maximum atomic E-state index is 5.61. The molecule has 3 aromatic rings. The van der Waals surface area contributed by atoms with Gasteiger partial charge in [-0.15, -0.1) is 0 Å². The monoisotopic (exact) mass is 392 g/mol. The molecule has 0 fully saturated rings. The van der Waals surface area contributed by atoms with Gasteiger partial charge in [-0.2, -0.15) is 0 Å². The van der Waals surface area contributed by atoms with Gasteiger partial charge in [-0.3, -0.25) is 0 Å². The molecule has 0 bridgehead atoms. The topological polar surface area (TPSA) is 78.6 Å². The molecule has 0 radical (unpaired) electrons. The molecule has 0 amide bonds. The van der Waals surface area contributed by atoms with Crippen molar-refractivity contribution in [1.29, 1.82) is 0 Å². The molecule has 7 nitrogen and oxygen atoms in total. The highest BCUT2D eigenvalue weighted by atomic mass is 16.3. The number of aryl methyl sites for hydroxylation is 1. The first kappa shape index (κ1) is 20.4. The summed E-state index contributed by atoms with van der Waals surface area (Å²) in [5.41, 5.74) is 3.90. The lowest BCUT2D eigenvalue weighted by molar-refractivity contribution is 0.572. The largest absolute Gasteiger partial charge is 0.444 e. The third-order valence-electron chi connectivity index (χ3n) is 4.28. The molecular formula is C22H28N6O. The van der Waals surface area contributed by atoms with Crippen molar-refractivity contribution in [3.63, 3.8) is 0 Å². The van der Waals surface area contributed by atoms with Gasteiger partial charge in [0.15, 0.2) is 5.96 Å². The quantitative estimate of drug-likeness (QED) is 0.474. The number of rotatable bonds is 7. The third kappa shape index (κ3) is 5.81. The molecule has 0 saturated heterocycles. The molecule has 0 aliphatic heterocycles. The fourth-order valence-electron chi connectivity index (χ4n) is 2.70. The van der Waals surface area contributed by atoms with Crippen molar-refractivity contribution >= 4 is 11.8 Å². The van der Waals surface area contributed by atoms with Gasteiger partial charge in [-0.25, -0.2) is 15.0 Å². The van der Waals surface area contributed by atoms with Crippen LogP contribution in [-0.2, 0) is 13.1 Å². The molecule has 7 heteroatoms. The molecule has 2 heterocycles. The minimum absolute atomic E-state index is 0.426. The van der Waals surface area contributed by atoms with Gasteiger partial charge in [0.1, 0.15) is 17.8 Å². The summed E-state index contributed by atoms with van der Waals surface area (Å²) < 4.78 is 5.61. The zero-order valence-electron chi connectivity index (χ0n) is 17.4. The van der Waals surface area contributed by atoms with Crippen LogP contribution in [-0.4, -0.2) is 36.6 Å². The lowest BCUT2D eigenvalue weighted by atomic mass is 10.1. The Bertz CT molecular complexity index is 946. The van der Waals surface area contributed by atoms with Crippen molar-refractivity contribution in [2.24, 2.45) is 4.99 Å². The standard InChI is InChI=1S/C22H28N6O/c1-5-23-22(24-13-18-7-6-8-20(26-18)28(3)4)25-14-19-15-29-21(27-19)17-11-9-16(2)10-12-17/h6-12,15H,5,13-14H2,1-4H3,(H2,23,24,25). The number of hydrogen-bond donors (Lipinski definition) is 2. The molecule has 0 saturated carbocycles. The van der Waals surface area contributed by atoms with Gasteiger partial charge in [0.2, 0.25) is 5.89 Å². The van der Waals surface area contributed by atoms with Gasteiger partial charge < -0.3 is 20.0 Å². The molecule has 29 heavy (non-hydrogen) atoms. The van der Waals surface area contributed by atoms with Crippen LogP contribution in [0, 0.1) is 6.92 Å². The molecule has 3 rings (SSSR count). The van der Waals surface area contributed by atoms with Gasteiger partial charge in [0.25, 0.3) is 0 Å². The smallest absolute Gasteiger partial charge is 0.226 e. The molecule has 0 atom stereocenters. The van der Waals surface area contributed by atoms with Crippen LogP contribution in [0.4, 0.5) is 5.82 Å². The van der Waals surface area contributed by atoms with Crippen LogP contribution in [0.5, 0.6) is 0 Å². The van der Waals surface area contributed by atoms with E-state index < -0.39 is 0 Å². The van der Waals surface area contributed by atoms with E-state index in [0.29, 0.717) is 24.9 Å². The number of nitrogens with one attached hydrogen (secondary N) is 2. The maximum Gasteiger partial charge on any atom is 0.226 e. The summed E-state index contributed by atoms with van der Waals surface area (Å²) >= 11 is 0. The summed E-state index contributed by atoms with van der Waals surface area (Å²) in [4.78, 5) is 15.8. The molecule has 2 aromatic heterocycles. The second kappa shape index (κ2) is 9.73. The Kier molecular flexibility index (Phi) is 6.84. The Morgan fingerprint density at radius 3 is 2.55 bits per heavy atom. The number of benzene rings is 1. The van der Waals surface area contributed by atoms with Crippen LogP contribution < -0.4 is 15.5 Å². The zero-order valence-corrected chi connectivity index (χ0v) is 17.4. The summed E-state index contributed by atoms with van der Waals surface area (Å²) in [5, 5.41) is 6.57. The average molecular weight is 393 g/mol. The van der Waals surface area contributed by atoms with Crippen molar-refractivity contribution in [2.75, 3.05) is 25.5 Å². The number of anilines is 1. The number of oxazole rings is 1. The van der Waals surface area contributed by atoms with Gasteiger partial charge in [-0.1, -0.05) is 23.8 Å². The van der Waals surface area contributed by atoms with Crippen LogP contribution in [0.3, 0.4) is 0 Å². The summed E-state index contributed by atoms with van der Waals surface area (Å²) in [6, 6.07) is 14.1.